The van der Waals surface area contributed by atoms with Crippen molar-refractivity contribution in [1.82, 2.24) is 29.5 Å². The van der Waals surface area contributed by atoms with E-state index in [-0.39, 0.29) is 61.7 Å². The topological polar surface area (TPSA) is 96.7 Å². The van der Waals surface area contributed by atoms with Gasteiger partial charge in [0.25, 0.3) is 6.43 Å². The van der Waals surface area contributed by atoms with E-state index in [0.29, 0.717) is 13.1 Å². The van der Waals surface area contributed by atoms with Crippen LogP contribution in [0.25, 0.3) is 11.3 Å². The van der Waals surface area contributed by atoms with Gasteiger partial charge in [0, 0.05) is 50.0 Å². The number of carbonyl (C=O) groups is 2. The Morgan fingerprint density at radius 3 is 2.23 bits per heavy atom. The molecular weight excluding hydrogens is 541 g/mol. The van der Waals surface area contributed by atoms with Gasteiger partial charge in [0.2, 0.25) is 11.9 Å². The third kappa shape index (κ3) is 6.44. The van der Waals surface area contributed by atoms with Gasteiger partial charge in [-0.15, -0.1) is 0 Å². The molecule has 2 saturated heterocycles. The summed E-state index contributed by atoms with van der Waals surface area (Å²) in [5.74, 6) is -0.698. The molecule has 0 aliphatic carbocycles. The summed E-state index contributed by atoms with van der Waals surface area (Å²) in [6, 6.07) is -1.25. The molecule has 10 nitrogen and oxygen atoms in total. The molecule has 220 valence electrons. The minimum absolute atomic E-state index is 0.0607. The van der Waals surface area contributed by atoms with Crippen LogP contribution in [0.5, 0.6) is 0 Å². The van der Waals surface area contributed by atoms with E-state index < -0.39 is 42.0 Å². The molecule has 0 saturated carbocycles. The largest absolute Gasteiger partial charge is 0.444 e. The molecule has 0 spiro atoms. The maximum Gasteiger partial charge on any atom is 0.433 e. The number of hydrogen-bond donors (Lipinski definition) is 0. The third-order valence-electron chi connectivity index (χ3n) is 6.72. The quantitative estimate of drug-likeness (QED) is 0.485. The highest BCUT2D eigenvalue weighted by Gasteiger charge is 2.42. The van der Waals surface area contributed by atoms with Gasteiger partial charge in [-0.3, -0.25) is 9.48 Å². The first-order valence-corrected chi connectivity index (χ1v) is 13.0. The molecule has 4 rings (SSSR count). The molecule has 2 amide bonds. The molecule has 2 aromatic rings. The first kappa shape index (κ1) is 29.5. The van der Waals surface area contributed by atoms with Crippen LogP contribution in [-0.2, 0) is 28.7 Å². The number of carbonyl (C=O) groups excluding carboxylic acids is 2. The fourth-order valence-electron chi connectivity index (χ4n) is 4.60. The number of amides is 2. The number of ether oxygens (including phenoxy) is 1. The van der Waals surface area contributed by atoms with E-state index >= 15 is 0 Å². The number of aromatic nitrogens is 4. The van der Waals surface area contributed by atoms with Crippen molar-refractivity contribution in [3.8, 4) is 11.3 Å². The Kier molecular flexibility index (Phi) is 8.22. The lowest BCUT2D eigenvalue weighted by Gasteiger charge is -2.40. The number of piperazine rings is 1. The second-order valence-electron chi connectivity index (χ2n) is 10.7. The summed E-state index contributed by atoms with van der Waals surface area (Å²) < 4.78 is 75.1. The molecule has 15 heteroatoms. The fraction of sp³-hybridized carbons (Fsp3) is 0.640. The molecule has 2 aliphatic rings. The van der Waals surface area contributed by atoms with Crippen molar-refractivity contribution in [2.75, 3.05) is 37.6 Å². The van der Waals surface area contributed by atoms with Crippen molar-refractivity contribution in [3.05, 3.63) is 23.7 Å². The van der Waals surface area contributed by atoms with Crippen LogP contribution in [0.3, 0.4) is 0 Å². The first-order chi connectivity index (χ1) is 18.7. The van der Waals surface area contributed by atoms with E-state index in [0.717, 1.165) is 4.90 Å². The van der Waals surface area contributed by atoms with Crippen LogP contribution >= 0.6 is 0 Å². The molecule has 2 aliphatic heterocycles. The molecule has 0 bridgehead atoms. The smallest absolute Gasteiger partial charge is 0.433 e. The van der Waals surface area contributed by atoms with E-state index in [4.69, 9.17) is 4.74 Å². The van der Waals surface area contributed by atoms with E-state index in [9.17, 15) is 31.5 Å². The third-order valence-corrected chi connectivity index (χ3v) is 6.72. The first-order valence-electron chi connectivity index (χ1n) is 13.0. The number of hydrogen-bond acceptors (Lipinski definition) is 7. The van der Waals surface area contributed by atoms with Crippen molar-refractivity contribution in [2.24, 2.45) is 0 Å². The van der Waals surface area contributed by atoms with E-state index in [1.54, 1.807) is 25.7 Å². The highest BCUT2D eigenvalue weighted by atomic mass is 19.4. The SMILES string of the molecule is CCc1c(-c2cnn(CC(=O)N3CCN(C(=O)OC(C)(C)C)CC3)c2)nc(N2CC[C@@H]2C(F)F)nc1C(F)(F)F. The van der Waals surface area contributed by atoms with Crippen LogP contribution in [0.1, 0.15) is 45.4 Å². The second kappa shape index (κ2) is 11.2. The lowest BCUT2D eigenvalue weighted by Crippen LogP contribution is -2.53. The van der Waals surface area contributed by atoms with E-state index in [2.05, 4.69) is 15.1 Å². The Labute approximate surface area is 228 Å². The van der Waals surface area contributed by atoms with Gasteiger partial charge in [-0.1, -0.05) is 6.92 Å². The van der Waals surface area contributed by atoms with Crippen LogP contribution in [0.15, 0.2) is 12.4 Å². The van der Waals surface area contributed by atoms with Gasteiger partial charge in [-0.2, -0.15) is 18.3 Å². The fourth-order valence-corrected chi connectivity index (χ4v) is 4.60. The van der Waals surface area contributed by atoms with Gasteiger partial charge in [-0.05, 0) is 33.6 Å². The Hall–Kier alpha value is -3.52. The van der Waals surface area contributed by atoms with Crippen molar-refractivity contribution < 1.29 is 36.3 Å². The minimum Gasteiger partial charge on any atom is -0.444 e. The molecule has 0 radical (unpaired) electrons. The Bertz CT molecular complexity index is 1240. The number of rotatable bonds is 6. The predicted octanol–water partition coefficient (Wildman–Crippen LogP) is 3.84. The Balaban J connectivity index is 1.51. The lowest BCUT2D eigenvalue weighted by molar-refractivity contribution is -0.141. The minimum atomic E-state index is -4.82. The highest BCUT2D eigenvalue weighted by Crippen LogP contribution is 2.38. The predicted molar refractivity (Wildman–Crippen MR) is 134 cm³/mol. The molecule has 1 atom stereocenters. The highest BCUT2D eigenvalue weighted by molar-refractivity contribution is 5.77. The average Bonchev–Trinajstić information content (AvgIpc) is 3.29. The molecule has 2 fully saturated rings. The van der Waals surface area contributed by atoms with Gasteiger partial charge >= 0.3 is 12.3 Å². The lowest BCUT2D eigenvalue weighted by atomic mass is 10.0. The van der Waals surface area contributed by atoms with Crippen molar-refractivity contribution in [3.63, 3.8) is 0 Å². The zero-order valence-corrected chi connectivity index (χ0v) is 22.7. The average molecular weight is 574 g/mol. The summed E-state index contributed by atoms with van der Waals surface area (Å²) >= 11 is 0. The number of anilines is 1. The number of halogens is 5. The van der Waals surface area contributed by atoms with Crippen LogP contribution in [0, 0.1) is 0 Å². The van der Waals surface area contributed by atoms with Crippen molar-refractivity contribution in [1.29, 1.82) is 0 Å². The van der Waals surface area contributed by atoms with Crippen LogP contribution in [0.2, 0.25) is 0 Å². The number of nitrogens with zero attached hydrogens (tertiary/aromatic N) is 7. The summed E-state index contributed by atoms with van der Waals surface area (Å²) in [6.07, 6.45) is -5.27. The summed E-state index contributed by atoms with van der Waals surface area (Å²) in [4.78, 5) is 37.2. The van der Waals surface area contributed by atoms with Gasteiger partial charge in [0.05, 0.1) is 17.9 Å². The zero-order chi connectivity index (χ0) is 29.4. The van der Waals surface area contributed by atoms with E-state index in [1.165, 1.54) is 28.9 Å². The molecule has 4 heterocycles. The van der Waals surface area contributed by atoms with Gasteiger partial charge in [0.1, 0.15) is 12.1 Å². The van der Waals surface area contributed by atoms with Gasteiger partial charge in [-0.25, -0.2) is 23.5 Å². The molecule has 0 N–H and O–H groups in total. The van der Waals surface area contributed by atoms with Crippen LogP contribution < -0.4 is 4.90 Å². The monoisotopic (exact) mass is 573 g/mol. The van der Waals surface area contributed by atoms with Crippen molar-refractivity contribution in [2.45, 2.75) is 71.3 Å². The molecule has 2 aromatic heterocycles. The van der Waals surface area contributed by atoms with E-state index in [1.807, 2.05) is 0 Å². The van der Waals surface area contributed by atoms with Gasteiger partial charge < -0.3 is 19.4 Å². The Morgan fingerprint density at radius 1 is 1.05 bits per heavy atom. The van der Waals surface area contributed by atoms with Gasteiger partial charge in [0.15, 0.2) is 5.69 Å². The van der Waals surface area contributed by atoms with Crippen LogP contribution in [0.4, 0.5) is 32.7 Å². The molecular formula is C25H32F5N7O3. The Morgan fingerprint density at radius 2 is 1.70 bits per heavy atom. The maximum atomic E-state index is 13.9. The summed E-state index contributed by atoms with van der Waals surface area (Å²) in [6.45, 7) is 7.93. The summed E-state index contributed by atoms with van der Waals surface area (Å²) in [7, 11) is 0. The number of alkyl halides is 5. The molecule has 0 aromatic carbocycles. The summed E-state index contributed by atoms with van der Waals surface area (Å²) in [5, 5.41) is 4.14. The zero-order valence-electron chi connectivity index (χ0n) is 22.7. The molecule has 0 unspecified atom stereocenters. The summed E-state index contributed by atoms with van der Waals surface area (Å²) in [5.41, 5.74) is -1.85. The van der Waals surface area contributed by atoms with Crippen LogP contribution in [-0.4, -0.2) is 92.3 Å². The molecule has 40 heavy (non-hydrogen) atoms. The standard InChI is InChI=1S/C25H32F5N7O3/c1-5-16-19(32-22(33-20(16)25(28,29)30)37-7-6-17(37)21(26)27)15-12-31-36(13-15)14-18(38)34-8-10-35(11-9-34)23(39)40-24(2,3)4/h12-13,17,21H,5-11,14H2,1-4H3/t17-/m1/s1. The normalized spacial score (nSPS) is 18.2. The maximum absolute atomic E-state index is 13.9. The second-order valence-corrected chi connectivity index (χ2v) is 10.7. The van der Waals surface area contributed by atoms with Crippen molar-refractivity contribution >= 4 is 17.9 Å².